The summed E-state index contributed by atoms with van der Waals surface area (Å²) < 4.78 is 5.85. The van der Waals surface area contributed by atoms with Gasteiger partial charge in [-0.05, 0) is 60.9 Å². The highest BCUT2D eigenvalue weighted by Gasteiger charge is 2.15. The molecule has 5 nitrogen and oxygen atoms in total. The highest BCUT2D eigenvalue weighted by molar-refractivity contribution is 5.76. The normalized spacial score (nSPS) is 11.6. The van der Waals surface area contributed by atoms with E-state index in [-0.39, 0.29) is 18.4 Å². The van der Waals surface area contributed by atoms with Crippen molar-refractivity contribution in [3.05, 3.63) is 102 Å². The number of nitrogens with one attached hydrogen (secondary N) is 1. The van der Waals surface area contributed by atoms with E-state index in [2.05, 4.69) is 29.6 Å². The van der Waals surface area contributed by atoms with Gasteiger partial charge < -0.3 is 15.2 Å². The van der Waals surface area contributed by atoms with Gasteiger partial charge in [-0.1, -0.05) is 85.6 Å². The predicted molar refractivity (Wildman–Crippen MR) is 143 cm³/mol. The zero-order valence-corrected chi connectivity index (χ0v) is 20.9. The van der Waals surface area contributed by atoms with Crippen LogP contribution in [0, 0.1) is 0 Å². The van der Waals surface area contributed by atoms with Gasteiger partial charge in [0.2, 0.25) is 5.91 Å². The summed E-state index contributed by atoms with van der Waals surface area (Å²) in [6.45, 7) is 0.504. The molecule has 0 saturated carbocycles. The number of carbonyl (C=O) groups excluding carboxylic acids is 1. The number of hydrogen-bond acceptors (Lipinski definition) is 3. The molecule has 36 heavy (non-hydrogen) atoms. The van der Waals surface area contributed by atoms with Crippen LogP contribution in [-0.2, 0) is 29.0 Å². The van der Waals surface area contributed by atoms with Gasteiger partial charge in [-0.15, -0.1) is 0 Å². The van der Waals surface area contributed by atoms with Gasteiger partial charge in [0.25, 0.3) is 0 Å². The first-order valence-electron chi connectivity index (χ1n) is 12.9. The lowest BCUT2D eigenvalue weighted by atomic mass is 10.0. The second-order valence-corrected chi connectivity index (χ2v) is 9.22. The zero-order valence-electron chi connectivity index (χ0n) is 20.9. The summed E-state index contributed by atoms with van der Waals surface area (Å²) >= 11 is 0. The Hall–Kier alpha value is -3.60. The number of aliphatic carboxylic acids is 1. The summed E-state index contributed by atoms with van der Waals surface area (Å²) in [7, 11) is 0. The average molecular weight is 488 g/mol. The lowest BCUT2D eigenvalue weighted by Gasteiger charge is -2.18. The first kappa shape index (κ1) is 27.0. The molecule has 0 heterocycles. The molecule has 3 aromatic rings. The number of carbonyl (C=O) groups is 2. The maximum Gasteiger partial charge on any atom is 0.303 e. The maximum absolute atomic E-state index is 12.5. The van der Waals surface area contributed by atoms with E-state index in [4.69, 9.17) is 9.84 Å². The lowest BCUT2D eigenvalue weighted by molar-refractivity contribution is -0.137. The van der Waals surface area contributed by atoms with Crippen LogP contribution in [0.25, 0.3) is 0 Å². The Morgan fingerprint density at radius 1 is 0.722 bits per heavy atom. The molecule has 5 heteroatoms. The second-order valence-electron chi connectivity index (χ2n) is 9.22. The van der Waals surface area contributed by atoms with Gasteiger partial charge in [0.1, 0.15) is 12.4 Å². The van der Waals surface area contributed by atoms with Crippen LogP contribution in [0.5, 0.6) is 5.75 Å². The Morgan fingerprint density at radius 3 is 2.03 bits per heavy atom. The molecule has 0 aliphatic carbocycles. The van der Waals surface area contributed by atoms with Crippen LogP contribution in [0.4, 0.5) is 0 Å². The molecular formula is C31H37NO4. The van der Waals surface area contributed by atoms with Crippen molar-refractivity contribution in [3.8, 4) is 5.75 Å². The van der Waals surface area contributed by atoms with Gasteiger partial charge >= 0.3 is 5.97 Å². The highest BCUT2D eigenvalue weighted by atomic mass is 16.5. The third-order valence-electron chi connectivity index (χ3n) is 6.19. The molecule has 0 spiro atoms. The van der Waals surface area contributed by atoms with Crippen molar-refractivity contribution in [2.75, 3.05) is 0 Å². The van der Waals surface area contributed by atoms with Crippen LogP contribution >= 0.6 is 0 Å². The first-order chi connectivity index (χ1) is 17.6. The van der Waals surface area contributed by atoms with Crippen molar-refractivity contribution in [1.82, 2.24) is 5.32 Å². The number of aryl methyl sites for hydroxylation is 1. The van der Waals surface area contributed by atoms with Crippen LogP contribution in [-0.4, -0.2) is 23.0 Å². The number of carboxylic acids is 1. The van der Waals surface area contributed by atoms with Crippen LogP contribution in [0.15, 0.2) is 84.9 Å². The van der Waals surface area contributed by atoms with Gasteiger partial charge in [0.15, 0.2) is 0 Å². The Morgan fingerprint density at radius 2 is 1.36 bits per heavy atom. The second kappa shape index (κ2) is 15.4. The van der Waals surface area contributed by atoms with E-state index in [0.717, 1.165) is 49.0 Å². The highest BCUT2D eigenvalue weighted by Crippen LogP contribution is 2.17. The van der Waals surface area contributed by atoms with Crippen molar-refractivity contribution in [1.29, 1.82) is 0 Å². The smallest absolute Gasteiger partial charge is 0.303 e. The summed E-state index contributed by atoms with van der Waals surface area (Å²) in [4.78, 5) is 23.7. The maximum atomic E-state index is 12.5. The molecule has 0 aliphatic rings. The minimum absolute atomic E-state index is 0.00346. The van der Waals surface area contributed by atoms with Crippen LogP contribution in [0.3, 0.4) is 0 Å². The Labute approximate surface area is 214 Å². The molecule has 2 N–H and O–H groups in total. The number of rotatable bonds is 16. The molecule has 1 amide bonds. The molecule has 0 fully saturated rings. The first-order valence-corrected chi connectivity index (χ1v) is 12.9. The largest absolute Gasteiger partial charge is 0.489 e. The molecule has 3 rings (SSSR count). The third kappa shape index (κ3) is 10.8. The van der Waals surface area contributed by atoms with Crippen molar-refractivity contribution in [2.24, 2.45) is 0 Å². The summed E-state index contributed by atoms with van der Waals surface area (Å²) in [5.74, 6) is -0.0745. The molecule has 0 saturated heterocycles. The van der Waals surface area contributed by atoms with E-state index in [1.54, 1.807) is 0 Å². The summed E-state index contributed by atoms with van der Waals surface area (Å²) in [6.07, 6.45) is 6.66. The van der Waals surface area contributed by atoms with Gasteiger partial charge in [0.05, 0.1) is 0 Å². The van der Waals surface area contributed by atoms with Gasteiger partial charge in [-0.2, -0.15) is 0 Å². The summed E-state index contributed by atoms with van der Waals surface area (Å²) in [6, 6.07) is 28.0. The number of amides is 1. The van der Waals surface area contributed by atoms with E-state index < -0.39 is 5.97 Å². The van der Waals surface area contributed by atoms with Gasteiger partial charge in [-0.3, -0.25) is 9.59 Å². The van der Waals surface area contributed by atoms with E-state index in [9.17, 15) is 9.59 Å². The zero-order chi connectivity index (χ0) is 25.4. The number of carboxylic acid groups (broad SMARTS) is 1. The number of hydrogen-bond donors (Lipinski definition) is 2. The SMILES string of the molecule is O=C(O)CC[C@@H](Cc1ccc(OCc2ccccc2)cc1)NC(=O)CCCCCCc1ccccc1. The molecule has 0 radical (unpaired) electrons. The monoisotopic (exact) mass is 487 g/mol. The van der Waals surface area contributed by atoms with Crippen molar-refractivity contribution >= 4 is 11.9 Å². The van der Waals surface area contributed by atoms with Crippen molar-refractivity contribution in [3.63, 3.8) is 0 Å². The minimum Gasteiger partial charge on any atom is -0.489 e. The van der Waals surface area contributed by atoms with Crippen LogP contribution in [0.2, 0.25) is 0 Å². The number of unbranched alkanes of at least 4 members (excludes halogenated alkanes) is 3. The molecular weight excluding hydrogens is 450 g/mol. The van der Waals surface area contributed by atoms with Gasteiger partial charge in [-0.25, -0.2) is 0 Å². The molecule has 0 unspecified atom stereocenters. The standard InChI is InChI=1S/C31H37NO4/c33-30(16-10-2-1-5-11-25-12-6-3-7-13-25)32-28(19-22-31(34)35)23-26-17-20-29(21-18-26)36-24-27-14-8-4-9-15-27/h3-4,6-9,12-15,17-18,20-21,28H,1-2,5,10-11,16,19,22-24H2,(H,32,33)(H,34,35)/t28-/m0/s1. The van der Waals surface area contributed by atoms with Crippen LogP contribution in [0.1, 0.15) is 61.6 Å². The fraction of sp³-hybridized carbons (Fsp3) is 0.355. The van der Waals surface area contributed by atoms with E-state index in [1.807, 2.05) is 60.7 Å². The number of benzene rings is 3. The summed E-state index contributed by atoms with van der Waals surface area (Å²) in [5, 5.41) is 12.2. The molecule has 190 valence electrons. The van der Waals surface area contributed by atoms with Crippen molar-refractivity contribution in [2.45, 2.75) is 70.4 Å². The summed E-state index contributed by atoms with van der Waals surface area (Å²) in [5.41, 5.74) is 3.50. The van der Waals surface area contributed by atoms with E-state index in [0.29, 0.717) is 25.9 Å². The topological polar surface area (TPSA) is 75.6 Å². The third-order valence-corrected chi connectivity index (χ3v) is 6.19. The molecule has 1 atom stereocenters. The molecule has 0 bridgehead atoms. The molecule has 0 aromatic heterocycles. The fourth-order valence-corrected chi connectivity index (χ4v) is 4.18. The predicted octanol–water partition coefficient (Wildman–Crippen LogP) is 6.35. The molecule has 0 aliphatic heterocycles. The molecule has 3 aromatic carbocycles. The van der Waals surface area contributed by atoms with Crippen molar-refractivity contribution < 1.29 is 19.4 Å². The Balaban J connectivity index is 1.40. The van der Waals surface area contributed by atoms with E-state index in [1.165, 1.54) is 5.56 Å². The quantitative estimate of drug-likeness (QED) is 0.231. The fourth-order valence-electron chi connectivity index (χ4n) is 4.18. The lowest BCUT2D eigenvalue weighted by Crippen LogP contribution is -2.36. The average Bonchev–Trinajstić information content (AvgIpc) is 2.90. The Bertz CT molecular complexity index is 1040. The van der Waals surface area contributed by atoms with E-state index >= 15 is 0 Å². The number of ether oxygens (including phenoxy) is 1. The van der Waals surface area contributed by atoms with Crippen LogP contribution < -0.4 is 10.1 Å². The Kier molecular flexibility index (Phi) is 11.6. The minimum atomic E-state index is -0.850. The van der Waals surface area contributed by atoms with Gasteiger partial charge in [0, 0.05) is 18.9 Å².